The molecular weight excluding hydrogens is 314 g/mol. The molecule has 2 heterocycles. The lowest BCUT2D eigenvalue weighted by Crippen LogP contribution is -2.59. The second-order valence-corrected chi connectivity index (χ2v) is 5.60. The molecule has 2 aliphatic rings. The second-order valence-electron chi connectivity index (χ2n) is 5.19. The van der Waals surface area contributed by atoms with Crippen molar-refractivity contribution in [2.45, 2.75) is 30.7 Å². The van der Waals surface area contributed by atoms with Crippen molar-refractivity contribution in [2.75, 3.05) is 13.2 Å². The number of halogens is 1. The van der Waals surface area contributed by atoms with Crippen LogP contribution >= 0.6 is 11.6 Å². The summed E-state index contributed by atoms with van der Waals surface area (Å²) in [7, 11) is 0. The van der Waals surface area contributed by atoms with E-state index in [1.807, 2.05) is 0 Å². The van der Waals surface area contributed by atoms with E-state index in [9.17, 15) is 15.3 Å². The van der Waals surface area contributed by atoms with E-state index in [0.29, 0.717) is 21.4 Å². The first-order chi connectivity index (χ1) is 10.5. The van der Waals surface area contributed by atoms with Gasteiger partial charge < -0.3 is 29.9 Å². The number of fused-ring (bicyclic) bond motifs is 1. The number of rotatable bonds is 3. The Balaban J connectivity index is 1.89. The summed E-state index contributed by atoms with van der Waals surface area (Å²) in [5, 5.41) is 40.4. The average Bonchev–Trinajstić information content (AvgIpc) is 2.92. The highest BCUT2D eigenvalue weighted by molar-refractivity contribution is 6.30. The van der Waals surface area contributed by atoms with Crippen LogP contribution in [0.2, 0.25) is 5.02 Å². The maximum Gasteiger partial charge on any atom is 0.228 e. The predicted molar refractivity (Wildman–Crippen MR) is 75.4 cm³/mol. The zero-order chi connectivity index (χ0) is 15.9. The fraction of sp³-hybridized carbons (Fsp3) is 0.500. The summed E-state index contributed by atoms with van der Waals surface area (Å²) in [6.07, 6.45) is -6.62. The van der Waals surface area contributed by atoms with Crippen LogP contribution in [0.3, 0.4) is 0 Å². The van der Waals surface area contributed by atoms with Gasteiger partial charge in [0.25, 0.3) is 0 Å². The SMILES string of the molecule is OC[C@@H]1O[C@H](OC2=c3c(Cl)cccc3=NC2)[C@H](O)[C@H](O)[C@@H]1O. The van der Waals surface area contributed by atoms with Gasteiger partial charge in [0, 0.05) is 0 Å². The van der Waals surface area contributed by atoms with Crippen molar-refractivity contribution in [3.63, 3.8) is 0 Å². The van der Waals surface area contributed by atoms with Crippen LogP contribution in [0.5, 0.6) is 0 Å². The van der Waals surface area contributed by atoms with E-state index in [1.54, 1.807) is 18.2 Å². The van der Waals surface area contributed by atoms with Crippen molar-refractivity contribution in [1.82, 2.24) is 0 Å². The topological polar surface area (TPSA) is 112 Å². The van der Waals surface area contributed by atoms with Gasteiger partial charge >= 0.3 is 0 Å². The second kappa shape index (κ2) is 6.11. The van der Waals surface area contributed by atoms with Gasteiger partial charge in [-0.2, -0.15) is 0 Å². The lowest BCUT2D eigenvalue weighted by atomic mass is 9.99. The maximum absolute atomic E-state index is 9.98. The summed E-state index contributed by atoms with van der Waals surface area (Å²) in [5.41, 5.74) is 0. The van der Waals surface area contributed by atoms with Crippen LogP contribution in [-0.2, 0) is 9.47 Å². The standard InChI is InChI=1S/C14H16ClNO6/c15-6-2-1-3-7-10(6)8(4-16-7)21-14-13(20)12(19)11(18)9(5-17)22-14/h1-3,9,11-14,17-20H,4-5H2/t9-,11+,12+,13+,14-/m0/s1. The molecule has 1 saturated heterocycles. The number of hydrogen-bond acceptors (Lipinski definition) is 7. The fourth-order valence-corrected chi connectivity index (χ4v) is 2.83. The Morgan fingerprint density at radius 2 is 2.00 bits per heavy atom. The van der Waals surface area contributed by atoms with Gasteiger partial charge in [-0.3, -0.25) is 4.99 Å². The van der Waals surface area contributed by atoms with E-state index in [-0.39, 0.29) is 6.54 Å². The molecule has 0 aliphatic carbocycles. The first kappa shape index (κ1) is 15.7. The highest BCUT2D eigenvalue weighted by Gasteiger charge is 2.45. The molecule has 0 aromatic heterocycles. The van der Waals surface area contributed by atoms with Crippen LogP contribution in [-0.4, -0.2) is 64.3 Å². The molecule has 0 amide bonds. The Morgan fingerprint density at radius 1 is 1.23 bits per heavy atom. The lowest BCUT2D eigenvalue weighted by molar-refractivity contribution is -0.284. The molecule has 120 valence electrons. The Bertz CT molecular complexity index is 678. The van der Waals surface area contributed by atoms with Crippen molar-refractivity contribution in [3.05, 3.63) is 33.8 Å². The zero-order valence-electron chi connectivity index (χ0n) is 11.5. The molecule has 1 aromatic carbocycles. The lowest BCUT2D eigenvalue weighted by Gasteiger charge is -2.39. The summed E-state index contributed by atoms with van der Waals surface area (Å²) in [6.45, 7) is -0.282. The van der Waals surface area contributed by atoms with Gasteiger partial charge in [0.2, 0.25) is 6.29 Å². The first-order valence-electron chi connectivity index (χ1n) is 6.82. The zero-order valence-corrected chi connectivity index (χ0v) is 12.2. The molecule has 1 aromatic rings. The van der Waals surface area contributed by atoms with Crippen LogP contribution in [0.25, 0.3) is 5.76 Å². The van der Waals surface area contributed by atoms with Crippen molar-refractivity contribution < 1.29 is 29.9 Å². The Morgan fingerprint density at radius 3 is 2.73 bits per heavy atom. The minimum Gasteiger partial charge on any atom is -0.464 e. The fourth-order valence-electron chi connectivity index (χ4n) is 2.56. The summed E-state index contributed by atoms with van der Waals surface area (Å²) in [5.74, 6) is 0.407. The van der Waals surface area contributed by atoms with Gasteiger partial charge in [-0.1, -0.05) is 17.7 Å². The van der Waals surface area contributed by atoms with Crippen molar-refractivity contribution >= 4 is 17.4 Å². The van der Waals surface area contributed by atoms with Crippen LogP contribution in [0.4, 0.5) is 0 Å². The molecule has 4 N–H and O–H groups in total. The van der Waals surface area contributed by atoms with Gasteiger partial charge in [-0.25, -0.2) is 0 Å². The number of benzene rings is 1. The highest BCUT2D eigenvalue weighted by atomic mass is 35.5. The number of aliphatic hydroxyl groups is 4. The average molecular weight is 330 g/mol. The largest absolute Gasteiger partial charge is 0.464 e. The highest BCUT2D eigenvalue weighted by Crippen LogP contribution is 2.24. The van der Waals surface area contributed by atoms with E-state index in [1.165, 1.54) is 0 Å². The normalized spacial score (nSPS) is 34.2. The van der Waals surface area contributed by atoms with E-state index in [2.05, 4.69) is 4.99 Å². The van der Waals surface area contributed by atoms with Gasteiger partial charge in [0.1, 0.15) is 30.2 Å². The number of nitrogens with zero attached hydrogens (tertiary/aromatic N) is 1. The van der Waals surface area contributed by atoms with Gasteiger partial charge in [-0.15, -0.1) is 0 Å². The van der Waals surface area contributed by atoms with Crippen molar-refractivity contribution in [1.29, 1.82) is 0 Å². The third kappa shape index (κ3) is 2.60. The monoisotopic (exact) mass is 329 g/mol. The van der Waals surface area contributed by atoms with Crippen LogP contribution in [0, 0.1) is 0 Å². The van der Waals surface area contributed by atoms with Crippen molar-refractivity contribution in [3.8, 4) is 0 Å². The third-order valence-corrected chi connectivity index (χ3v) is 4.09. The maximum atomic E-state index is 9.98. The van der Waals surface area contributed by atoms with E-state index in [0.717, 1.165) is 0 Å². The predicted octanol–water partition coefficient (Wildman–Crippen LogP) is -2.10. The number of aliphatic hydroxyl groups excluding tert-OH is 4. The summed E-state index contributed by atoms with van der Waals surface area (Å²) in [4.78, 5) is 4.26. The van der Waals surface area contributed by atoms with Crippen molar-refractivity contribution in [2.24, 2.45) is 4.99 Å². The number of ether oxygens (including phenoxy) is 2. The summed E-state index contributed by atoms with van der Waals surface area (Å²) < 4.78 is 10.9. The Kier molecular flexibility index (Phi) is 4.35. The quantitative estimate of drug-likeness (QED) is 0.505. The molecule has 0 radical (unpaired) electrons. The molecule has 0 unspecified atom stereocenters. The Hall–Kier alpha value is -1.22. The molecule has 1 fully saturated rings. The molecule has 8 heteroatoms. The Labute approximate surface area is 130 Å². The molecular formula is C14H16ClNO6. The molecule has 5 atom stereocenters. The van der Waals surface area contributed by atoms with Crippen LogP contribution in [0.15, 0.2) is 23.2 Å². The minimum absolute atomic E-state index is 0.230. The van der Waals surface area contributed by atoms with Gasteiger partial charge in [0.15, 0.2) is 0 Å². The van der Waals surface area contributed by atoms with Crippen LogP contribution in [0.1, 0.15) is 0 Å². The third-order valence-electron chi connectivity index (χ3n) is 3.77. The molecule has 0 spiro atoms. The molecule has 3 rings (SSSR count). The van der Waals surface area contributed by atoms with E-state index in [4.69, 9.17) is 26.2 Å². The molecule has 0 bridgehead atoms. The van der Waals surface area contributed by atoms with Gasteiger partial charge in [-0.05, 0) is 12.1 Å². The van der Waals surface area contributed by atoms with Crippen LogP contribution < -0.4 is 10.6 Å². The minimum atomic E-state index is -1.49. The van der Waals surface area contributed by atoms with E-state index < -0.39 is 37.3 Å². The molecule has 0 saturated carbocycles. The number of hydrogen-bond donors (Lipinski definition) is 4. The first-order valence-corrected chi connectivity index (χ1v) is 7.20. The van der Waals surface area contributed by atoms with E-state index >= 15 is 0 Å². The summed E-state index contributed by atoms with van der Waals surface area (Å²) in [6, 6.07) is 5.24. The molecule has 22 heavy (non-hydrogen) atoms. The van der Waals surface area contributed by atoms with Gasteiger partial charge in [0.05, 0.1) is 28.8 Å². The smallest absolute Gasteiger partial charge is 0.228 e. The molecule has 2 aliphatic heterocycles. The summed E-state index contributed by atoms with van der Waals surface area (Å²) >= 11 is 6.13. The molecule has 7 nitrogen and oxygen atoms in total.